The van der Waals surface area contributed by atoms with E-state index in [1.54, 1.807) is 43.5 Å². The van der Waals surface area contributed by atoms with Crippen molar-refractivity contribution >= 4 is 47.0 Å². The van der Waals surface area contributed by atoms with Crippen LogP contribution in [0.1, 0.15) is 88.1 Å². The largest absolute Gasteiger partial charge is 0.444 e. The van der Waals surface area contributed by atoms with Gasteiger partial charge >= 0.3 is 6.09 Å². The number of ether oxygens (including phenoxy) is 1. The zero-order chi connectivity index (χ0) is 31.4. The summed E-state index contributed by atoms with van der Waals surface area (Å²) in [4.78, 5) is 43.1. The number of amides is 3. The van der Waals surface area contributed by atoms with E-state index in [1.807, 2.05) is 57.4 Å². The second-order valence-corrected chi connectivity index (χ2v) is 13.1. The van der Waals surface area contributed by atoms with E-state index in [2.05, 4.69) is 17.6 Å². The van der Waals surface area contributed by atoms with Crippen LogP contribution in [0.3, 0.4) is 0 Å². The molecule has 0 saturated carbocycles. The lowest BCUT2D eigenvalue weighted by Crippen LogP contribution is -2.52. The molecular formula is C33H48ClN3O4S. The van der Waals surface area contributed by atoms with Crippen molar-refractivity contribution < 1.29 is 19.1 Å². The molecule has 0 heterocycles. The zero-order valence-electron chi connectivity index (χ0n) is 26.4. The van der Waals surface area contributed by atoms with Crippen molar-refractivity contribution in [2.45, 2.75) is 98.3 Å². The minimum atomic E-state index is -0.939. The molecule has 0 aromatic heterocycles. The molecule has 0 aliphatic carbocycles. The van der Waals surface area contributed by atoms with Crippen molar-refractivity contribution in [3.63, 3.8) is 0 Å². The number of nitrogens with one attached hydrogen (secondary N) is 2. The van der Waals surface area contributed by atoms with Gasteiger partial charge in [-0.05, 0) is 94.7 Å². The van der Waals surface area contributed by atoms with Crippen LogP contribution in [0.5, 0.6) is 0 Å². The third-order valence-corrected chi connectivity index (χ3v) is 7.97. The number of para-hydroxylation sites is 1. The van der Waals surface area contributed by atoms with Crippen molar-refractivity contribution in [1.29, 1.82) is 0 Å². The van der Waals surface area contributed by atoms with Crippen LogP contribution < -0.4 is 10.6 Å². The molecule has 2 aromatic carbocycles. The summed E-state index contributed by atoms with van der Waals surface area (Å²) in [6, 6.07) is 9.47. The van der Waals surface area contributed by atoms with Gasteiger partial charge in [-0.2, -0.15) is 11.8 Å². The lowest BCUT2D eigenvalue weighted by Gasteiger charge is -2.35. The number of alkyl carbamates (subject to hydrolysis) is 1. The molecule has 3 amide bonds. The third-order valence-electron chi connectivity index (χ3n) is 7.01. The number of thioether (sulfide) groups is 1. The Morgan fingerprint density at radius 3 is 2.31 bits per heavy atom. The number of unbranched alkanes of at least 4 members (excludes halogenated alkanes) is 3. The summed E-state index contributed by atoms with van der Waals surface area (Å²) in [6.07, 6.45) is 5.39. The first-order chi connectivity index (χ1) is 19.8. The topological polar surface area (TPSA) is 87.7 Å². The molecule has 0 bridgehead atoms. The van der Waals surface area contributed by atoms with Crippen molar-refractivity contribution in [1.82, 2.24) is 10.2 Å². The lowest BCUT2D eigenvalue weighted by atomic mass is 9.97. The van der Waals surface area contributed by atoms with Crippen molar-refractivity contribution in [3.8, 4) is 0 Å². The molecule has 7 nitrogen and oxygen atoms in total. The lowest BCUT2D eigenvalue weighted by molar-refractivity contribution is -0.141. The Bertz CT molecular complexity index is 1190. The van der Waals surface area contributed by atoms with Crippen LogP contribution in [0, 0.1) is 20.8 Å². The number of rotatable bonds is 14. The van der Waals surface area contributed by atoms with Gasteiger partial charge in [0.1, 0.15) is 17.7 Å². The smallest absolute Gasteiger partial charge is 0.408 e. The molecular weight excluding hydrogens is 570 g/mol. The van der Waals surface area contributed by atoms with Crippen LogP contribution in [-0.2, 0) is 14.3 Å². The van der Waals surface area contributed by atoms with Crippen LogP contribution in [-0.4, -0.2) is 53.0 Å². The normalized spacial score (nSPS) is 12.8. The van der Waals surface area contributed by atoms with Gasteiger partial charge in [0.15, 0.2) is 0 Å². The van der Waals surface area contributed by atoms with Gasteiger partial charge < -0.3 is 20.3 Å². The number of benzene rings is 2. The van der Waals surface area contributed by atoms with Crippen molar-refractivity contribution in [2.24, 2.45) is 0 Å². The first-order valence-corrected chi connectivity index (χ1v) is 16.5. The molecule has 0 aliphatic heterocycles. The highest BCUT2D eigenvalue weighted by Crippen LogP contribution is 2.31. The van der Waals surface area contributed by atoms with Gasteiger partial charge in [0.2, 0.25) is 5.91 Å². The minimum Gasteiger partial charge on any atom is -0.444 e. The van der Waals surface area contributed by atoms with Gasteiger partial charge in [-0.25, -0.2) is 4.79 Å². The van der Waals surface area contributed by atoms with E-state index in [-0.39, 0.29) is 11.8 Å². The molecule has 0 fully saturated rings. The Kier molecular flexibility index (Phi) is 14.2. The average molecular weight is 618 g/mol. The minimum absolute atomic E-state index is 0.319. The van der Waals surface area contributed by atoms with Gasteiger partial charge in [-0.3, -0.25) is 9.59 Å². The van der Waals surface area contributed by atoms with Gasteiger partial charge in [0, 0.05) is 6.54 Å². The highest BCUT2D eigenvalue weighted by Gasteiger charge is 2.36. The van der Waals surface area contributed by atoms with Crippen LogP contribution in [0.2, 0.25) is 5.02 Å². The molecule has 2 unspecified atom stereocenters. The molecule has 9 heteroatoms. The van der Waals surface area contributed by atoms with Crippen LogP contribution in [0.15, 0.2) is 36.4 Å². The quantitative estimate of drug-likeness (QED) is 0.210. The molecule has 2 rings (SSSR count). The summed E-state index contributed by atoms with van der Waals surface area (Å²) in [7, 11) is 0. The number of hydrogen-bond donors (Lipinski definition) is 2. The maximum absolute atomic E-state index is 14.4. The summed E-state index contributed by atoms with van der Waals surface area (Å²) in [5.74, 6) is -0.0327. The van der Waals surface area contributed by atoms with Crippen LogP contribution >= 0.6 is 23.4 Å². The number of nitrogens with zero attached hydrogens (tertiary/aromatic N) is 1. The fraction of sp³-hybridized carbons (Fsp3) is 0.545. The molecule has 2 N–H and O–H groups in total. The fourth-order valence-corrected chi connectivity index (χ4v) is 5.35. The molecule has 0 radical (unpaired) electrons. The molecule has 232 valence electrons. The number of carbonyl (C=O) groups excluding carboxylic acids is 3. The second kappa shape index (κ2) is 16.8. The molecule has 2 atom stereocenters. The molecule has 0 saturated heterocycles. The molecule has 0 aliphatic rings. The summed E-state index contributed by atoms with van der Waals surface area (Å²) in [6.45, 7) is 13.7. The Balaban J connectivity index is 2.60. The third kappa shape index (κ3) is 10.8. The van der Waals surface area contributed by atoms with Crippen LogP contribution in [0.4, 0.5) is 10.5 Å². The van der Waals surface area contributed by atoms with E-state index in [0.29, 0.717) is 35.0 Å². The second-order valence-electron chi connectivity index (χ2n) is 11.7. The zero-order valence-corrected chi connectivity index (χ0v) is 28.0. The standard InChI is InChI=1S/C33H48ClN3O4S/c1-9-10-11-12-19-37(31(39)27(18-20-42-8)35-32(40)41-33(5,6)7)29(25-17-16-22(2)24(4)21-25)30(38)36-28-23(3)14-13-15-26(28)34/h13-17,21,27,29H,9-12,18-20H2,1-8H3,(H,35,40)(H,36,38). The average Bonchev–Trinajstić information content (AvgIpc) is 2.90. The maximum atomic E-state index is 14.4. The monoisotopic (exact) mass is 617 g/mol. The Morgan fingerprint density at radius 2 is 1.71 bits per heavy atom. The van der Waals surface area contributed by atoms with E-state index in [9.17, 15) is 14.4 Å². The summed E-state index contributed by atoms with van der Waals surface area (Å²) in [5, 5.41) is 6.25. The van der Waals surface area contributed by atoms with E-state index < -0.39 is 23.8 Å². The Morgan fingerprint density at radius 1 is 1.00 bits per heavy atom. The van der Waals surface area contributed by atoms with E-state index in [1.165, 1.54) is 0 Å². The van der Waals surface area contributed by atoms with Crippen LogP contribution in [0.25, 0.3) is 0 Å². The first kappa shape index (κ1) is 35.5. The van der Waals surface area contributed by atoms with Crippen molar-refractivity contribution in [2.75, 3.05) is 23.9 Å². The fourth-order valence-electron chi connectivity index (χ4n) is 4.61. The van der Waals surface area contributed by atoms with E-state index >= 15 is 0 Å². The SMILES string of the molecule is CCCCCCN(C(=O)C(CCSC)NC(=O)OC(C)(C)C)C(C(=O)Nc1c(C)cccc1Cl)c1ccc(C)c(C)c1. The number of halogens is 1. The molecule has 2 aromatic rings. The number of anilines is 1. The maximum Gasteiger partial charge on any atom is 0.408 e. The highest BCUT2D eigenvalue weighted by molar-refractivity contribution is 7.98. The van der Waals surface area contributed by atoms with Gasteiger partial charge in [0.25, 0.3) is 5.91 Å². The van der Waals surface area contributed by atoms with E-state index in [4.69, 9.17) is 16.3 Å². The van der Waals surface area contributed by atoms with E-state index in [0.717, 1.165) is 42.4 Å². The number of aryl methyl sites for hydroxylation is 3. The first-order valence-electron chi connectivity index (χ1n) is 14.7. The van der Waals surface area contributed by atoms with Gasteiger partial charge in [-0.15, -0.1) is 0 Å². The van der Waals surface area contributed by atoms with Gasteiger partial charge in [-0.1, -0.05) is 68.1 Å². The van der Waals surface area contributed by atoms with Crippen molar-refractivity contribution in [3.05, 3.63) is 63.7 Å². The number of carbonyl (C=O) groups is 3. The Labute approximate surface area is 261 Å². The summed E-state index contributed by atoms with van der Waals surface area (Å²) in [5.41, 5.74) is 3.42. The molecule has 0 spiro atoms. The predicted molar refractivity (Wildman–Crippen MR) is 175 cm³/mol. The molecule has 42 heavy (non-hydrogen) atoms. The predicted octanol–water partition coefficient (Wildman–Crippen LogP) is 8.00. The Hall–Kier alpha value is -2.71. The number of hydrogen-bond acceptors (Lipinski definition) is 5. The summed E-state index contributed by atoms with van der Waals surface area (Å²) < 4.78 is 5.50. The summed E-state index contributed by atoms with van der Waals surface area (Å²) >= 11 is 8.08. The highest BCUT2D eigenvalue weighted by atomic mass is 35.5. The van der Waals surface area contributed by atoms with Gasteiger partial charge in [0.05, 0.1) is 10.7 Å².